The number of nitrogens with one attached hydrogen (secondary N) is 1. The van der Waals surface area contributed by atoms with Crippen LogP contribution in [0.25, 0.3) is 0 Å². The second-order valence-corrected chi connectivity index (χ2v) is 6.11. The molecular formula is C18H24N2O3. The molecule has 3 atom stereocenters. The monoisotopic (exact) mass is 316 g/mol. The maximum atomic E-state index is 12.5. The van der Waals surface area contributed by atoms with Crippen LogP contribution in [0.1, 0.15) is 33.1 Å². The molecule has 0 aromatic carbocycles. The molecule has 0 aromatic rings. The molecule has 5 heteroatoms. The van der Waals surface area contributed by atoms with E-state index >= 15 is 0 Å². The molecule has 0 bridgehead atoms. The van der Waals surface area contributed by atoms with Crippen molar-refractivity contribution in [1.82, 2.24) is 5.32 Å². The number of hydrogen-bond acceptors (Lipinski definition) is 4. The highest BCUT2D eigenvalue weighted by Crippen LogP contribution is 2.25. The normalized spacial score (nSPS) is 24.5. The molecule has 124 valence electrons. The van der Waals surface area contributed by atoms with Crippen LogP contribution >= 0.6 is 0 Å². The Bertz CT molecular complexity index is 587. The van der Waals surface area contributed by atoms with Gasteiger partial charge in [0.2, 0.25) is 5.91 Å². The molecule has 1 heterocycles. The van der Waals surface area contributed by atoms with E-state index in [-0.39, 0.29) is 11.8 Å². The third kappa shape index (κ3) is 4.41. The van der Waals surface area contributed by atoms with E-state index in [1.54, 1.807) is 12.4 Å². The van der Waals surface area contributed by atoms with Gasteiger partial charge < -0.3 is 10.1 Å². The number of hydrogen-bond donors (Lipinski definition) is 1. The van der Waals surface area contributed by atoms with Gasteiger partial charge >= 0.3 is 5.97 Å². The summed E-state index contributed by atoms with van der Waals surface area (Å²) < 4.78 is 4.86. The van der Waals surface area contributed by atoms with E-state index in [0.29, 0.717) is 17.9 Å². The molecule has 2 aliphatic rings. The molecule has 2 rings (SSSR count). The van der Waals surface area contributed by atoms with E-state index < -0.39 is 12.0 Å². The first-order valence-electron chi connectivity index (χ1n) is 7.99. The summed E-state index contributed by atoms with van der Waals surface area (Å²) in [6, 6.07) is -0.674. The van der Waals surface area contributed by atoms with E-state index in [0.717, 1.165) is 18.4 Å². The van der Waals surface area contributed by atoms with E-state index in [2.05, 4.69) is 23.3 Å². The molecule has 5 nitrogen and oxygen atoms in total. The number of carbonyl (C=O) groups is 2. The standard InChI is InChI=1S/C18H24N2O3/c1-12-6-4-5-7-14(12)10-16(18(22)23-3)20-17(21)15-11-19-9-8-13(15)2/h4-5,7,9,11-13,16H,6,8,10H2,1-3H3,(H,20,21). The summed E-state index contributed by atoms with van der Waals surface area (Å²) in [6.07, 6.45) is 11.6. The smallest absolute Gasteiger partial charge is 0.328 e. The molecule has 3 unspecified atom stereocenters. The van der Waals surface area contributed by atoms with Crippen molar-refractivity contribution in [1.29, 1.82) is 0 Å². The average Bonchev–Trinajstić information content (AvgIpc) is 2.55. The lowest BCUT2D eigenvalue weighted by Gasteiger charge is -2.24. The Morgan fingerprint density at radius 2 is 2.13 bits per heavy atom. The first kappa shape index (κ1) is 17.2. The molecule has 0 aromatic heterocycles. The van der Waals surface area contributed by atoms with Crippen LogP contribution in [0.3, 0.4) is 0 Å². The van der Waals surface area contributed by atoms with Gasteiger partial charge in [0, 0.05) is 18.0 Å². The molecule has 0 radical (unpaired) electrons. The summed E-state index contributed by atoms with van der Waals surface area (Å²) in [4.78, 5) is 28.6. The number of esters is 1. The predicted octanol–water partition coefficient (Wildman–Crippen LogP) is 2.55. The number of nitrogens with zero attached hydrogens (tertiary/aromatic N) is 1. The van der Waals surface area contributed by atoms with E-state index in [1.165, 1.54) is 7.11 Å². The number of rotatable bonds is 5. The Morgan fingerprint density at radius 3 is 2.78 bits per heavy atom. The molecule has 0 spiro atoms. The Balaban J connectivity index is 2.10. The number of allylic oxidation sites excluding steroid dienone is 3. The van der Waals surface area contributed by atoms with Crippen molar-refractivity contribution in [3.05, 3.63) is 35.6 Å². The van der Waals surface area contributed by atoms with Crippen molar-refractivity contribution in [2.45, 2.75) is 39.2 Å². The second-order valence-electron chi connectivity index (χ2n) is 6.11. The van der Waals surface area contributed by atoms with Gasteiger partial charge in [0.15, 0.2) is 0 Å². The lowest BCUT2D eigenvalue weighted by atomic mass is 9.88. The molecule has 23 heavy (non-hydrogen) atoms. The predicted molar refractivity (Wildman–Crippen MR) is 89.9 cm³/mol. The zero-order valence-electron chi connectivity index (χ0n) is 13.9. The van der Waals surface area contributed by atoms with Crippen LogP contribution in [0.5, 0.6) is 0 Å². The Morgan fingerprint density at radius 1 is 1.35 bits per heavy atom. The molecule has 0 saturated heterocycles. The zero-order chi connectivity index (χ0) is 16.8. The maximum Gasteiger partial charge on any atom is 0.328 e. The van der Waals surface area contributed by atoms with Crippen molar-refractivity contribution in [2.75, 3.05) is 7.11 Å². The number of aliphatic imine (C=N–C) groups is 1. The fourth-order valence-electron chi connectivity index (χ4n) is 2.76. The highest BCUT2D eigenvalue weighted by Gasteiger charge is 2.27. The number of amides is 1. The summed E-state index contributed by atoms with van der Waals surface area (Å²) in [6.45, 7) is 4.09. The largest absolute Gasteiger partial charge is 0.467 e. The van der Waals surface area contributed by atoms with E-state index in [9.17, 15) is 9.59 Å². The fourth-order valence-corrected chi connectivity index (χ4v) is 2.76. The molecule has 1 amide bonds. The van der Waals surface area contributed by atoms with Crippen LogP contribution in [0, 0.1) is 11.8 Å². The quantitative estimate of drug-likeness (QED) is 0.793. The van der Waals surface area contributed by atoms with Crippen molar-refractivity contribution >= 4 is 18.1 Å². The highest BCUT2D eigenvalue weighted by molar-refractivity contribution is 5.97. The van der Waals surface area contributed by atoms with Gasteiger partial charge in [-0.25, -0.2) is 4.79 Å². The summed E-state index contributed by atoms with van der Waals surface area (Å²) in [5.74, 6) is -0.207. The van der Waals surface area contributed by atoms with Crippen LogP contribution < -0.4 is 5.32 Å². The van der Waals surface area contributed by atoms with Crippen LogP contribution in [0.2, 0.25) is 0 Å². The van der Waals surface area contributed by atoms with Gasteiger partial charge in [-0.1, -0.05) is 37.6 Å². The van der Waals surface area contributed by atoms with Gasteiger partial charge in [0.05, 0.1) is 7.11 Å². The summed E-state index contributed by atoms with van der Waals surface area (Å²) in [5, 5.41) is 2.82. The van der Waals surface area contributed by atoms with Crippen LogP contribution in [-0.2, 0) is 14.3 Å². The molecular weight excluding hydrogens is 292 g/mol. The van der Waals surface area contributed by atoms with E-state index in [4.69, 9.17) is 4.74 Å². The average molecular weight is 316 g/mol. The third-order valence-corrected chi connectivity index (χ3v) is 4.37. The number of methoxy groups -OCH3 is 1. The SMILES string of the molecule is COC(=O)C(CC1=CC=CCC1C)NC(=O)C1=CN=CCC1C. The van der Waals surface area contributed by atoms with Crippen molar-refractivity contribution < 1.29 is 14.3 Å². The van der Waals surface area contributed by atoms with Crippen LogP contribution in [-0.4, -0.2) is 31.2 Å². The second kappa shape index (κ2) is 7.90. The minimum Gasteiger partial charge on any atom is -0.467 e. The summed E-state index contributed by atoms with van der Waals surface area (Å²) >= 11 is 0. The minimum atomic E-state index is -0.674. The van der Waals surface area contributed by atoms with Gasteiger partial charge in [0.1, 0.15) is 6.04 Å². The van der Waals surface area contributed by atoms with Crippen LogP contribution in [0.4, 0.5) is 0 Å². The molecule has 0 fully saturated rings. The molecule has 1 N–H and O–H groups in total. The molecule has 1 aliphatic heterocycles. The number of ether oxygens (including phenoxy) is 1. The van der Waals surface area contributed by atoms with Gasteiger partial charge in [-0.05, 0) is 31.1 Å². The molecule has 1 aliphatic carbocycles. The lowest BCUT2D eigenvalue weighted by molar-refractivity contribution is -0.144. The maximum absolute atomic E-state index is 12.5. The first-order valence-corrected chi connectivity index (χ1v) is 7.99. The molecule has 0 saturated carbocycles. The van der Waals surface area contributed by atoms with Crippen molar-refractivity contribution in [3.63, 3.8) is 0 Å². The summed E-state index contributed by atoms with van der Waals surface area (Å²) in [5.41, 5.74) is 1.75. The van der Waals surface area contributed by atoms with Crippen LogP contribution in [0.15, 0.2) is 40.6 Å². The van der Waals surface area contributed by atoms with Gasteiger partial charge in [-0.15, -0.1) is 0 Å². The van der Waals surface area contributed by atoms with Gasteiger partial charge in [0.25, 0.3) is 0 Å². The number of carbonyl (C=O) groups excluding carboxylic acids is 2. The highest BCUT2D eigenvalue weighted by atomic mass is 16.5. The topological polar surface area (TPSA) is 67.8 Å². The Kier molecular flexibility index (Phi) is 5.90. The van der Waals surface area contributed by atoms with Crippen molar-refractivity contribution in [3.8, 4) is 0 Å². The van der Waals surface area contributed by atoms with E-state index in [1.807, 2.05) is 19.1 Å². The fraction of sp³-hybridized carbons (Fsp3) is 0.500. The van der Waals surface area contributed by atoms with Crippen molar-refractivity contribution in [2.24, 2.45) is 16.8 Å². The summed E-state index contributed by atoms with van der Waals surface area (Å²) in [7, 11) is 1.34. The lowest BCUT2D eigenvalue weighted by Crippen LogP contribution is -2.43. The zero-order valence-corrected chi connectivity index (χ0v) is 13.9. The van der Waals surface area contributed by atoms with Gasteiger partial charge in [-0.2, -0.15) is 0 Å². The first-order chi connectivity index (χ1) is 11.0. The third-order valence-electron chi connectivity index (χ3n) is 4.37. The van der Waals surface area contributed by atoms with Gasteiger partial charge in [-0.3, -0.25) is 9.79 Å². The minimum absolute atomic E-state index is 0.0987. The Hall–Kier alpha value is -2.17. The Labute approximate surface area is 137 Å².